The molecule has 0 spiro atoms. The number of aromatic carboxylic acids is 1. The van der Waals surface area contributed by atoms with Gasteiger partial charge in [-0.25, -0.2) is 4.79 Å². The minimum atomic E-state index is -1.16. The van der Waals surface area contributed by atoms with Crippen molar-refractivity contribution in [1.82, 2.24) is 4.90 Å². The SMILES string of the molecule is CC(C)(C)C1CCN(C(=O)c2ccc(C(=O)O)o2)CC1. The summed E-state index contributed by atoms with van der Waals surface area (Å²) in [6.07, 6.45) is 1.95. The van der Waals surface area contributed by atoms with Crippen LogP contribution in [0.1, 0.15) is 54.7 Å². The first-order valence-corrected chi connectivity index (χ1v) is 6.91. The predicted octanol–water partition coefficient (Wildman–Crippen LogP) is 2.88. The highest BCUT2D eigenvalue weighted by Gasteiger charge is 2.31. The van der Waals surface area contributed by atoms with Gasteiger partial charge in [-0.3, -0.25) is 4.79 Å². The number of hydrogen-bond acceptors (Lipinski definition) is 3. The fraction of sp³-hybridized carbons (Fsp3) is 0.600. The fourth-order valence-electron chi connectivity index (χ4n) is 2.67. The molecule has 2 heterocycles. The average Bonchev–Trinajstić information content (AvgIpc) is 2.86. The maximum Gasteiger partial charge on any atom is 0.371 e. The average molecular weight is 279 g/mol. The molecule has 2 rings (SSSR count). The summed E-state index contributed by atoms with van der Waals surface area (Å²) in [6, 6.07) is 2.75. The standard InChI is InChI=1S/C15H21NO4/c1-15(2,3)10-6-8-16(9-7-10)13(17)11-4-5-12(20-11)14(18)19/h4-5,10H,6-9H2,1-3H3,(H,18,19). The van der Waals surface area contributed by atoms with E-state index in [9.17, 15) is 9.59 Å². The first-order chi connectivity index (χ1) is 9.29. The highest BCUT2D eigenvalue weighted by molar-refractivity contribution is 5.93. The van der Waals surface area contributed by atoms with E-state index < -0.39 is 5.97 Å². The fourth-order valence-corrected chi connectivity index (χ4v) is 2.67. The van der Waals surface area contributed by atoms with Crippen molar-refractivity contribution in [1.29, 1.82) is 0 Å². The van der Waals surface area contributed by atoms with Gasteiger partial charge in [0.1, 0.15) is 0 Å². The predicted molar refractivity (Wildman–Crippen MR) is 73.7 cm³/mol. The van der Waals surface area contributed by atoms with Crippen LogP contribution in [0.5, 0.6) is 0 Å². The normalized spacial score (nSPS) is 17.2. The topological polar surface area (TPSA) is 70.8 Å². The highest BCUT2D eigenvalue weighted by atomic mass is 16.4. The van der Waals surface area contributed by atoms with E-state index in [4.69, 9.17) is 9.52 Å². The molecular weight excluding hydrogens is 258 g/mol. The summed E-state index contributed by atoms with van der Waals surface area (Å²) in [5, 5.41) is 8.80. The number of likely N-dealkylation sites (tertiary alicyclic amines) is 1. The second kappa shape index (κ2) is 5.31. The van der Waals surface area contributed by atoms with Gasteiger partial charge < -0.3 is 14.4 Å². The van der Waals surface area contributed by atoms with E-state index in [-0.39, 0.29) is 22.8 Å². The molecule has 0 radical (unpaired) electrons. The van der Waals surface area contributed by atoms with Crippen LogP contribution < -0.4 is 0 Å². The number of carbonyl (C=O) groups is 2. The van der Waals surface area contributed by atoms with Crippen molar-refractivity contribution >= 4 is 11.9 Å². The van der Waals surface area contributed by atoms with E-state index in [2.05, 4.69) is 20.8 Å². The Morgan fingerprint density at radius 2 is 1.75 bits per heavy atom. The molecular formula is C15H21NO4. The van der Waals surface area contributed by atoms with Gasteiger partial charge in [0.25, 0.3) is 5.91 Å². The summed E-state index contributed by atoms with van der Waals surface area (Å²) in [5.41, 5.74) is 0.260. The Bertz CT molecular complexity index is 504. The Morgan fingerprint density at radius 3 is 2.20 bits per heavy atom. The zero-order valence-electron chi connectivity index (χ0n) is 12.2. The molecule has 0 aliphatic carbocycles. The van der Waals surface area contributed by atoms with Crippen molar-refractivity contribution < 1.29 is 19.1 Å². The lowest BCUT2D eigenvalue weighted by Gasteiger charge is -2.38. The quantitative estimate of drug-likeness (QED) is 0.903. The van der Waals surface area contributed by atoms with E-state index in [1.165, 1.54) is 12.1 Å². The molecule has 0 saturated carbocycles. The lowest BCUT2D eigenvalue weighted by Crippen LogP contribution is -2.41. The van der Waals surface area contributed by atoms with Gasteiger partial charge in [0.2, 0.25) is 5.76 Å². The lowest BCUT2D eigenvalue weighted by molar-refractivity contribution is 0.0568. The Labute approximate surface area is 118 Å². The van der Waals surface area contributed by atoms with Crippen LogP contribution in [0.4, 0.5) is 0 Å². The molecule has 1 aliphatic heterocycles. The number of rotatable bonds is 2. The zero-order valence-corrected chi connectivity index (χ0v) is 12.2. The number of amides is 1. The van der Waals surface area contributed by atoms with Crippen molar-refractivity contribution in [3.63, 3.8) is 0 Å². The van der Waals surface area contributed by atoms with Gasteiger partial charge in [-0.05, 0) is 36.3 Å². The van der Waals surface area contributed by atoms with Crippen LogP contribution in [0.2, 0.25) is 0 Å². The molecule has 0 atom stereocenters. The van der Waals surface area contributed by atoms with E-state index >= 15 is 0 Å². The van der Waals surface area contributed by atoms with Gasteiger partial charge in [-0.1, -0.05) is 20.8 Å². The molecule has 1 fully saturated rings. The van der Waals surface area contributed by atoms with Crippen LogP contribution in [-0.4, -0.2) is 35.0 Å². The number of piperidine rings is 1. The van der Waals surface area contributed by atoms with Gasteiger partial charge in [-0.15, -0.1) is 0 Å². The van der Waals surface area contributed by atoms with Crippen molar-refractivity contribution in [3.8, 4) is 0 Å². The monoisotopic (exact) mass is 279 g/mol. The third-order valence-electron chi connectivity index (χ3n) is 4.03. The van der Waals surface area contributed by atoms with Crippen molar-refractivity contribution in [2.45, 2.75) is 33.6 Å². The second-order valence-corrected chi connectivity index (χ2v) is 6.40. The largest absolute Gasteiger partial charge is 0.475 e. The zero-order chi connectivity index (χ0) is 14.9. The number of carboxylic acid groups (broad SMARTS) is 1. The summed E-state index contributed by atoms with van der Waals surface area (Å²) >= 11 is 0. The molecule has 0 aromatic carbocycles. The van der Waals surface area contributed by atoms with Crippen molar-refractivity contribution in [3.05, 3.63) is 23.7 Å². The molecule has 1 aliphatic rings. The number of carbonyl (C=O) groups excluding carboxylic acids is 1. The van der Waals surface area contributed by atoms with E-state index in [0.29, 0.717) is 19.0 Å². The number of carboxylic acids is 1. The molecule has 110 valence electrons. The van der Waals surface area contributed by atoms with Crippen LogP contribution in [0.3, 0.4) is 0 Å². The number of hydrogen-bond donors (Lipinski definition) is 1. The summed E-state index contributed by atoms with van der Waals surface area (Å²) in [4.78, 5) is 24.7. The number of furan rings is 1. The smallest absolute Gasteiger partial charge is 0.371 e. The van der Waals surface area contributed by atoms with Gasteiger partial charge in [0, 0.05) is 13.1 Å². The minimum Gasteiger partial charge on any atom is -0.475 e. The van der Waals surface area contributed by atoms with Gasteiger partial charge in [-0.2, -0.15) is 0 Å². The first kappa shape index (κ1) is 14.6. The Morgan fingerprint density at radius 1 is 1.20 bits per heavy atom. The molecule has 20 heavy (non-hydrogen) atoms. The van der Waals surface area contributed by atoms with Gasteiger partial charge in [0.05, 0.1) is 0 Å². The van der Waals surface area contributed by atoms with E-state index in [1.807, 2.05) is 0 Å². The molecule has 1 aromatic heterocycles. The van der Waals surface area contributed by atoms with Crippen LogP contribution in [0.25, 0.3) is 0 Å². The highest BCUT2D eigenvalue weighted by Crippen LogP contribution is 2.34. The molecule has 0 unspecified atom stereocenters. The summed E-state index contributed by atoms with van der Waals surface area (Å²) in [7, 11) is 0. The van der Waals surface area contributed by atoms with Crippen LogP contribution >= 0.6 is 0 Å². The molecule has 1 aromatic rings. The van der Waals surface area contributed by atoms with Crippen LogP contribution in [0, 0.1) is 11.3 Å². The number of nitrogens with zero attached hydrogens (tertiary/aromatic N) is 1. The summed E-state index contributed by atoms with van der Waals surface area (Å²) in [5.74, 6) is -0.854. The maximum absolute atomic E-state index is 12.2. The van der Waals surface area contributed by atoms with Crippen LogP contribution in [-0.2, 0) is 0 Å². The minimum absolute atomic E-state index is 0.108. The molecule has 0 bridgehead atoms. The molecule has 5 nitrogen and oxygen atoms in total. The molecule has 1 amide bonds. The van der Waals surface area contributed by atoms with Gasteiger partial charge >= 0.3 is 5.97 Å². The van der Waals surface area contributed by atoms with Crippen molar-refractivity contribution in [2.24, 2.45) is 11.3 Å². The van der Waals surface area contributed by atoms with Gasteiger partial charge in [0.15, 0.2) is 5.76 Å². The summed E-state index contributed by atoms with van der Waals surface area (Å²) < 4.78 is 5.06. The van der Waals surface area contributed by atoms with E-state index in [1.54, 1.807) is 4.90 Å². The third kappa shape index (κ3) is 3.03. The molecule has 1 saturated heterocycles. The lowest BCUT2D eigenvalue weighted by atomic mass is 9.75. The Kier molecular flexibility index (Phi) is 3.88. The third-order valence-corrected chi connectivity index (χ3v) is 4.03. The summed E-state index contributed by atoms with van der Waals surface area (Å²) in [6.45, 7) is 8.07. The first-order valence-electron chi connectivity index (χ1n) is 6.91. The maximum atomic E-state index is 12.2. The second-order valence-electron chi connectivity index (χ2n) is 6.40. The van der Waals surface area contributed by atoms with Crippen LogP contribution in [0.15, 0.2) is 16.5 Å². The Hall–Kier alpha value is -1.78. The molecule has 5 heteroatoms. The molecule has 1 N–H and O–H groups in total. The van der Waals surface area contributed by atoms with E-state index in [0.717, 1.165) is 12.8 Å². The van der Waals surface area contributed by atoms with Crippen molar-refractivity contribution in [2.75, 3.05) is 13.1 Å². The Balaban J connectivity index is 1.99.